The topological polar surface area (TPSA) is 42.0 Å². The molecule has 18 heavy (non-hydrogen) atoms. The van der Waals surface area contributed by atoms with Crippen molar-refractivity contribution >= 4 is 23.3 Å². The summed E-state index contributed by atoms with van der Waals surface area (Å²) < 4.78 is 0. The van der Waals surface area contributed by atoms with Gasteiger partial charge in [-0.25, -0.2) is 4.98 Å². The van der Waals surface area contributed by atoms with Crippen LogP contribution >= 0.6 is 11.6 Å². The highest BCUT2D eigenvalue weighted by atomic mass is 35.5. The van der Waals surface area contributed by atoms with E-state index in [1.165, 1.54) is 38.5 Å². The SMILES string of the molecule is O=C(CC1CCCCCC1)Nc1cc(Cl)ccn1. The van der Waals surface area contributed by atoms with Crippen molar-refractivity contribution in [2.45, 2.75) is 44.9 Å². The minimum absolute atomic E-state index is 0.0525. The van der Waals surface area contributed by atoms with E-state index >= 15 is 0 Å². The molecule has 1 aliphatic rings. The highest BCUT2D eigenvalue weighted by Crippen LogP contribution is 2.25. The van der Waals surface area contributed by atoms with Crippen LogP contribution in [0.1, 0.15) is 44.9 Å². The molecule has 1 aromatic rings. The largest absolute Gasteiger partial charge is 0.311 e. The first kappa shape index (κ1) is 13.3. The number of hydrogen-bond donors (Lipinski definition) is 1. The van der Waals surface area contributed by atoms with Crippen LogP contribution in [0.3, 0.4) is 0 Å². The van der Waals surface area contributed by atoms with Crippen molar-refractivity contribution in [2.75, 3.05) is 5.32 Å². The first-order valence-electron chi connectivity index (χ1n) is 6.65. The quantitative estimate of drug-likeness (QED) is 0.839. The lowest BCUT2D eigenvalue weighted by molar-refractivity contribution is -0.117. The van der Waals surface area contributed by atoms with Gasteiger partial charge >= 0.3 is 0 Å². The summed E-state index contributed by atoms with van der Waals surface area (Å²) in [6, 6.07) is 3.37. The third-order valence-corrected chi connectivity index (χ3v) is 3.67. The Morgan fingerprint density at radius 1 is 1.33 bits per heavy atom. The van der Waals surface area contributed by atoms with E-state index < -0.39 is 0 Å². The number of nitrogens with one attached hydrogen (secondary N) is 1. The molecule has 0 saturated heterocycles. The van der Waals surface area contributed by atoms with Gasteiger partial charge in [0.1, 0.15) is 5.82 Å². The number of anilines is 1. The average molecular weight is 267 g/mol. The Kier molecular flexibility index (Phi) is 5.00. The van der Waals surface area contributed by atoms with Gasteiger partial charge in [0, 0.05) is 17.6 Å². The molecule has 0 spiro atoms. The van der Waals surface area contributed by atoms with E-state index in [1.54, 1.807) is 18.3 Å². The second kappa shape index (κ2) is 6.74. The van der Waals surface area contributed by atoms with Crippen molar-refractivity contribution < 1.29 is 4.79 Å². The second-order valence-electron chi connectivity index (χ2n) is 4.97. The summed E-state index contributed by atoms with van der Waals surface area (Å²) in [6.45, 7) is 0. The molecule has 0 radical (unpaired) electrons. The van der Waals surface area contributed by atoms with Gasteiger partial charge in [0.2, 0.25) is 5.91 Å². The van der Waals surface area contributed by atoms with Gasteiger partial charge in [-0.2, -0.15) is 0 Å². The Hall–Kier alpha value is -1.09. The molecule has 1 saturated carbocycles. The van der Waals surface area contributed by atoms with E-state index in [2.05, 4.69) is 10.3 Å². The number of nitrogens with zero attached hydrogens (tertiary/aromatic N) is 1. The van der Waals surface area contributed by atoms with Crippen molar-refractivity contribution in [3.63, 3.8) is 0 Å². The number of pyridine rings is 1. The molecule has 0 aliphatic heterocycles. The van der Waals surface area contributed by atoms with E-state index in [0.717, 1.165) is 0 Å². The number of amides is 1. The summed E-state index contributed by atoms with van der Waals surface area (Å²) in [5.74, 6) is 1.13. The van der Waals surface area contributed by atoms with Crippen LogP contribution in [0, 0.1) is 5.92 Å². The number of carbonyl (C=O) groups is 1. The van der Waals surface area contributed by atoms with Gasteiger partial charge in [-0.1, -0.05) is 37.3 Å². The first-order valence-corrected chi connectivity index (χ1v) is 7.03. The molecule has 1 heterocycles. The first-order chi connectivity index (χ1) is 8.74. The molecular formula is C14H19ClN2O. The molecule has 0 aromatic carbocycles. The van der Waals surface area contributed by atoms with E-state index in [0.29, 0.717) is 23.2 Å². The van der Waals surface area contributed by atoms with E-state index in [9.17, 15) is 4.79 Å². The van der Waals surface area contributed by atoms with Crippen LogP contribution in [0.5, 0.6) is 0 Å². The third kappa shape index (κ3) is 4.30. The molecule has 4 heteroatoms. The maximum atomic E-state index is 11.9. The lowest BCUT2D eigenvalue weighted by Crippen LogP contribution is -2.17. The lowest BCUT2D eigenvalue weighted by Gasteiger charge is -2.13. The molecule has 1 aromatic heterocycles. The molecule has 2 rings (SSSR count). The maximum absolute atomic E-state index is 11.9. The number of hydrogen-bond acceptors (Lipinski definition) is 2. The Morgan fingerprint density at radius 2 is 2.06 bits per heavy atom. The molecule has 3 nitrogen and oxygen atoms in total. The van der Waals surface area contributed by atoms with Crippen LogP contribution in [0.4, 0.5) is 5.82 Å². The van der Waals surface area contributed by atoms with E-state index in [4.69, 9.17) is 11.6 Å². The molecular weight excluding hydrogens is 248 g/mol. The predicted octanol–water partition coefficient (Wildman–Crippen LogP) is 4.03. The predicted molar refractivity (Wildman–Crippen MR) is 73.7 cm³/mol. The molecule has 98 valence electrons. The van der Waals surface area contributed by atoms with Crippen LogP contribution in [-0.2, 0) is 4.79 Å². The van der Waals surface area contributed by atoms with Gasteiger partial charge in [-0.15, -0.1) is 0 Å². The Bertz CT molecular complexity index is 401. The fraction of sp³-hybridized carbons (Fsp3) is 0.571. The van der Waals surface area contributed by atoms with Gasteiger partial charge in [0.25, 0.3) is 0 Å². The van der Waals surface area contributed by atoms with Crippen molar-refractivity contribution in [3.05, 3.63) is 23.4 Å². The summed E-state index contributed by atoms with van der Waals surface area (Å²) in [7, 11) is 0. The highest BCUT2D eigenvalue weighted by molar-refractivity contribution is 6.30. The molecule has 1 aliphatic carbocycles. The van der Waals surface area contributed by atoms with Gasteiger partial charge in [-0.05, 0) is 30.9 Å². The zero-order valence-corrected chi connectivity index (χ0v) is 11.2. The zero-order chi connectivity index (χ0) is 12.8. The molecule has 1 amide bonds. The summed E-state index contributed by atoms with van der Waals surface area (Å²) >= 11 is 5.85. The van der Waals surface area contributed by atoms with Gasteiger partial charge in [0.05, 0.1) is 0 Å². The molecule has 0 atom stereocenters. The monoisotopic (exact) mass is 266 g/mol. The molecule has 1 fully saturated rings. The van der Waals surface area contributed by atoms with Crippen LogP contribution in [0.2, 0.25) is 5.02 Å². The fourth-order valence-electron chi connectivity index (χ4n) is 2.50. The van der Waals surface area contributed by atoms with Crippen LogP contribution in [0.15, 0.2) is 18.3 Å². The number of rotatable bonds is 3. The number of halogens is 1. The minimum atomic E-state index is 0.0525. The smallest absolute Gasteiger partial charge is 0.225 e. The van der Waals surface area contributed by atoms with Crippen LogP contribution in [0.25, 0.3) is 0 Å². The average Bonchev–Trinajstić information content (AvgIpc) is 2.57. The molecule has 1 N–H and O–H groups in total. The number of aromatic nitrogens is 1. The Balaban J connectivity index is 1.84. The molecule has 0 unspecified atom stereocenters. The number of carbonyl (C=O) groups excluding carboxylic acids is 1. The van der Waals surface area contributed by atoms with Crippen molar-refractivity contribution in [2.24, 2.45) is 5.92 Å². The van der Waals surface area contributed by atoms with E-state index in [-0.39, 0.29) is 5.91 Å². The summed E-state index contributed by atoms with van der Waals surface area (Å²) in [6.07, 6.45) is 9.70. The van der Waals surface area contributed by atoms with Gasteiger partial charge in [0.15, 0.2) is 0 Å². The standard InChI is InChI=1S/C14H19ClN2O/c15-12-7-8-16-13(10-12)17-14(18)9-11-5-3-1-2-4-6-11/h7-8,10-11H,1-6,9H2,(H,16,17,18). The summed E-state index contributed by atoms with van der Waals surface area (Å²) in [5, 5.41) is 3.41. The van der Waals surface area contributed by atoms with Crippen molar-refractivity contribution in [1.82, 2.24) is 4.98 Å². The third-order valence-electron chi connectivity index (χ3n) is 3.44. The minimum Gasteiger partial charge on any atom is -0.311 e. The summed E-state index contributed by atoms with van der Waals surface area (Å²) in [5.41, 5.74) is 0. The Labute approximate surface area is 113 Å². The zero-order valence-electron chi connectivity index (χ0n) is 10.5. The van der Waals surface area contributed by atoms with Gasteiger partial charge < -0.3 is 5.32 Å². The van der Waals surface area contributed by atoms with E-state index in [1.807, 2.05) is 0 Å². The Morgan fingerprint density at radius 3 is 2.72 bits per heavy atom. The maximum Gasteiger partial charge on any atom is 0.225 e. The molecule has 0 bridgehead atoms. The van der Waals surface area contributed by atoms with Crippen LogP contribution in [-0.4, -0.2) is 10.9 Å². The highest BCUT2D eigenvalue weighted by Gasteiger charge is 2.16. The lowest BCUT2D eigenvalue weighted by atomic mass is 9.96. The van der Waals surface area contributed by atoms with Gasteiger partial charge in [-0.3, -0.25) is 4.79 Å². The summed E-state index contributed by atoms with van der Waals surface area (Å²) in [4.78, 5) is 16.0. The van der Waals surface area contributed by atoms with Crippen LogP contribution < -0.4 is 5.32 Å². The van der Waals surface area contributed by atoms with Crippen molar-refractivity contribution in [3.8, 4) is 0 Å². The normalized spacial score (nSPS) is 17.2. The second-order valence-corrected chi connectivity index (χ2v) is 5.41. The van der Waals surface area contributed by atoms with Crippen molar-refractivity contribution in [1.29, 1.82) is 0 Å². The fourth-order valence-corrected chi connectivity index (χ4v) is 2.66.